The first-order valence-corrected chi connectivity index (χ1v) is 3.25. The van der Waals surface area contributed by atoms with Crippen molar-refractivity contribution in [3.05, 3.63) is 29.8 Å². The minimum atomic E-state index is -1.20. The molecule has 5 heteroatoms. The normalized spacial score (nSPS) is 9.38. The van der Waals surface area contributed by atoms with E-state index in [1.807, 2.05) is 0 Å². The van der Waals surface area contributed by atoms with Crippen LogP contribution < -0.4 is 4.74 Å². The second kappa shape index (κ2) is 3.75. The molecule has 0 atom stereocenters. The summed E-state index contributed by atoms with van der Waals surface area (Å²) < 4.78 is 29.2. The van der Waals surface area contributed by atoms with Crippen LogP contribution in [0.4, 0.5) is 8.78 Å². The van der Waals surface area contributed by atoms with Gasteiger partial charge in [-0.3, -0.25) is 4.79 Å². The van der Waals surface area contributed by atoms with Crippen LogP contribution in [0.25, 0.3) is 0 Å². The zero-order chi connectivity index (χ0) is 9.84. The SMILES string of the molecule is O=CC(=O)Oc1cc(F)cc(F)c1. The van der Waals surface area contributed by atoms with E-state index in [0.717, 1.165) is 12.1 Å². The van der Waals surface area contributed by atoms with Gasteiger partial charge in [0.1, 0.15) is 17.4 Å². The summed E-state index contributed by atoms with van der Waals surface area (Å²) in [5.41, 5.74) is 0. The lowest BCUT2D eigenvalue weighted by atomic mass is 10.3. The van der Waals surface area contributed by atoms with E-state index >= 15 is 0 Å². The Morgan fingerprint density at radius 1 is 1.23 bits per heavy atom. The van der Waals surface area contributed by atoms with Crippen molar-refractivity contribution >= 4 is 12.3 Å². The lowest BCUT2D eigenvalue weighted by molar-refractivity contribution is -0.141. The average Bonchev–Trinajstić information content (AvgIpc) is 2.02. The van der Waals surface area contributed by atoms with Gasteiger partial charge in [0.15, 0.2) is 0 Å². The van der Waals surface area contributed by atoms with Crippen molar-refractivity contribution in [1.29, 1.82) is 0 Å². The van der Waals surface area contributed by atoms with Crippen molar-refractivity contribution in [3.63, 3.8) is 0 Å². The van der Waals surface area contributed by atoms with E-state index in [4.69, 9.17) is 0 Å². The van der Waals surface area contributed by atoms with E-state index in [9.17, 15) is 18.4 Å². The fourth-order valence-corrected chi connectivity index (χ4v) is 0.728. The monoisotopic (exact) mass is 186 g/mol. The van der Waals surface area contributed by atoms with Crippen molar-refractivity contribution in [1.82, 2.24) is 0 Å². The molecule has 0 aliphatic rings. The number of carbonyl (C=O) groups is 2. The standard InChI is InChI=1S/C8H4F2O3/c9-5-1-6(10)3-7(2-5)13-8(12)4-11/h1-4H. The fourth-order valence-electron chi connectivity index (χ4n) is 0.728. The van der Waals surface area contributed by atoms with Gasteiger partial charge >= 0.3 is 5.97 Å². The smallest absolute Gasteiger partial charge is 0.376 e. The van der Waals surface area contributed by atoms with Crippen molar-refractivity contribution < 1.29 is 23.1 Å². The highest BCUT2D eigenvalue weighted by atomic mass is 19.1. The molecule has 0 amide bonds. The number of carbonyl (C=O) groups excluding carboxylic acids is 2. The first-order valence-electron chi connectivity index (χ1n) is 3.25. The van der Waals surface area contributed by atoms with Crippen LogP contribution in [-0.4, -0.2) is 12.3 Å². The second-order valence-corrected chi connectivity index (χ2v) is 2.14. The van der Waals surface area contributed by atoms with E-state index in [-0.39, 0.29) is 12.0 Å². The van der Waals surface area contributed by atoms with Gasteiger partial charge < -0.3 is 4.74 Å². The minimum Gasteiger partial charge on any atom is -0.421 e. The highest BCUT2D eigenvalue weighted by Crippen LogP contribution is 2.14. The molecule has 0 saturated carbocycles. The summed E-state index contributed by atoms with van der Waals surface area (Å²) >= 11 is 0. The predicted octanol–water partition coefficient (Wildman–Crippen LogP) is 1.07. The highest BCUT2D eigenvalue weighted by molar-refractivity contribution is 6.21. The van der Waals surface area contributed by atoms with E-state index in [1.54, 1.807) is 0 Å². The van der Waals surface area contributed by atoms with Gasteiger partial charge in [0.05, 0.1) is 0 Å². The van der Waals surface area contributed by atoms with Gasteiger partial charge in [-0.15, -0.1) is 0 Å². The third kappa shape index (κ3) is 2.62. The summed E-state index contributed by atoms with van der Waals surface area (Å²) in [5.74, 6) is -3.30. The van der Waals surface area contributed by atoms with Crippen molar-refractivity contribution in [2.75, 3.05) is 0 Å². The number of esters is 1. The zero-order valence-corrected chi connectivity index (χ0v) is 6.29. The molecule has 0 unspecified atom stereocenters. The molecule has 0 fully saturated rings. The van der Waals surface area contributed by atoms with Crippen molar-refractivity contribution in [2.45, 2.75) is 0 Å². The number of aldehydes is 1. The number of benzene rings is 1. The Balaban J connectivity index is 2.89. The number of rotatable bonds is 2. The maximum absolute atomic E-state index is 12.5. The van der Waals surface area contributed by atoms with E-state index in [2.05, 4.69) is 4.74 Å². The molecule has 0 heterocycles. The van der Waals surface area contributed by atoms with E-state index < -0.39 is 17.6 Å². The molecule has 0 bridgehead atoms. The summed E-state index contributed by atoms with van der Waals surface area (Å²) in [5, 5.41) is 0. The zero-order valence-electron chi connectivity index (χ0n) is 6.29. The van der Waals surface area contributed by atoms with Crippen LogP contribution in [0.3, 0.4) is 0 Å². The maximum Gasteiger partial charge on any atom is 0.376 e. The van der Waals surface area contributed by atoms with Gasteiger partial charge in [-0.25, -0.2) is 13.6 Å². The molecule has 0 saturated heterocycles. The summed E-state index contributed by atoms with van der Waals surface area (Å²) in [7, 11) is 0. The quantitative estimate of drug-likeness (QED) is 0.300. The molecular weight excluding hydrogens is 182 g/mol. The fraction of sp³-hybridized carbons (Fsp3) is 0. The molecule has 0 spiro atoms. The van der Waals surface area contributed by atoms with Gasteiger partial charge in [0.25, 0.3) is 0 Å². The second-order valence-electron chi connectivity index (χ2n) is 2.14. The Morgan fingerprint density at radius 3 is 2.23 bits per heavy atom. The summed E-state index contributed by atoms with van der Waals surface area (Å²) in [6.45, 7) is 0. The van der Waals surface area contributed by atoms with Crippen molar-refractivity contribution in [3.8, 4) is 5.75 Å². The molecule has 1 aromatic rings. The molecule has 0 aliphatic carbocycles. The van der Waals surface area contributed by atoms with Crippen LogP contribution in [0.5, 0.6) is 5.75 Å². The van der Waals surface area contributed by atoms with E-state index in [1.165, 1.54) is 0 Å². The van der Waals surface area contributed by atoms with Gasteiger partial charge in [-0.05, 0) is 0 Å². The van der Waals surface area contributed by atoms with Crippen LogP contribution in [0.1, 0.15) is 0 Å². The Morgan fingerprint density at radius 2 is 1.77 bits per heavy atom. The molecule has 68 valence electrons. The van der Waals surface area contributed by atoms with Crippen LogP contribution in [0.2, 0.25) is 0 Å². The third-order valence-electron chi connectivity index (χ3n) is 1.15. The van der Waals surface area contributed by atoms with Crippen molar-refractivity contribution in [2.24, 2.45) is 0 Å². The van der Waals surface area contributed by atoms with Crippen LogP contribution in [0, 0.1) is 11.6 Å². The molecular formula is C8H4F2O3. The molecule has 0 N–H and O–H groups in total. The van der Waals surface area contributed by atoms with Gasteiger partial charge in [-0.2, -0.15) is 0 Å². The lowest BCUT2D eigenvalue weighted by Gasteiger charge is -1.99. The Bertz CT molecular complexity index is 329. The Labute approximate surface area is 71.9 Å². The highest BCUT2D eigenvalue weighted by Gasteiger charge is 2.05. The van der Waals surface area contributed by atoms with Gasteiger partial charge in [0.2, 0.25) is 6.29 Å². The first-order chi connectivity index (χ1) is 6.11. The first kappa shape index (κ1) is 9.31. The molecule has 0 aromatic heterocycles. The van der Waals surface area contributed by atoms with Gasteiger partial charge in [0, 0.05) is 18.2 Å². The Kier molecular flexibility index (Phi) is 2.69. The summed E-state index contributed by atoms with van der Waals surface area (Å²) in [6, 6.07) is 2.22. The predicted molar refractivity (Wildman–Crippen MR) is 38.1 cm³/mol. The summed E-state index contributed by atoms with van der Waals surface area (Å²) in [4.78, 5) is 20.2. The van der Waals surface area contributed by atoms with Crippen LogP contribution in [-0.2, 0) is 9.59 Å². The summed E-state index contributed by atoms with van der Waals surface area (Å²) in [6.07, 6.45) is -0.0944. The number of ether oxygens (including phenoxy) is 1. The molecule has 13 heavy (non-hydrogen) atoms. The average molecular weight is 186 g/mol. The van der Waals surface area contributed by atoms with E-state index in [0.29, 0.717) is 6.07 Å². The number of hydrogen-bond acceptors (Lipinski definition) is 3. The Hall–Kier alpha value is -1.78. The molecule has 1 rings (SSSR count). The molecule has 0 radical (unpaired) electrons. The number of hydrogen-bond donors (Lipinski definition) is 0. The number of halogens is 2. The molecule has 0 aliphatic heterocycles. The van der Waals surface area contributed by atoms with Gasteiger partial charge in [-0.1, -0.05) is 0 Å². The van der Waals surface area contributed by atoms with Crippen LogP contribution in [0.15, 0.2) is 18.2 Å². The maximum atomic E-state index is 12.5. The largest absolute Gasteiger partial charge is 0.421 e. The molecule has 3 nitrogen and oxygen atoms in total. The topological polar surface area (TPSA) is 43.4 Å². The molecule has 1 aromatic carbocycles. The van der Waals surface area contributed by atoms with Crippen LogP contribution >= 0.6 is 0 Å². The third-order valence-corrected chi connectivity index (χ3v) is 1.15. The lowest BCUT2D eigenvalue weighted by Crippen LogP contribution is -2.08. The minimum absolute atomic E-state index is 0.0944.